The fraction of sp³-hybridized carbons (Fsp3) is 0.588. The van der Waals surface area contributed by atoms with Gasteiger partial charge in [-0.2, -0.15) is 0 Å². The van der Waals surface area contributed by atoms with Gasteiger partial charge in [0.2, 0.25) is 0 Å². The number of carboxylic acid groups (broad SMARTS) is 1. The number of hydrogen-bond donors (Lipinski definition) is 2. The summed E-state index contributed by atoms with van der Waals surface area (Å²) >= 11 is 12.1. The molecule has 1 atom stereocenters. The summed E-state index contributed by atoms with van der Waals surface area (Å²) in [6, 6.07) is 6.12. The van der Waals surface area contributed by atoms with Gasteiger partial charge in [-0.1, -0.05) is 29.3 Å². The zero-order valence-electron chi connectivity index (χ0n) is 13.2. The third kappa shape index (κ3) is 5.35. The fourth-order valence-corrected chi connectivity index (χ4v) is 3.41. The van der Waals surface area contributed by atoms with E-state index in [1.165, 1.54) is 0 Å². The fourth-order valence-electron chi connectivity index (χ4n) is 3.10. The molecular weight excluding hydrogens is 337 g/mol. The Bertz CT molecular complexity index is 531. The van der Waals surface area contributed by atoms with Crippen molar-refractivity contribution in [2.24, 2.45) is 5.92 Å². The van der Waals surface area contributed by atoms with Gasteiger partial charge in [0.25, 0.3) is 0 Å². The number of benzene rings is 1. The van der Waals surface area contributed by atoms with E-state index in [0.717, 1.165) is 37.7 Å². The van der Waals surface area contributed by atoms with E-state index < -0.39 is 5.97 Å². The Labute approximate surface area is 147 Å². The minimum Gasteiger partial charge on any atom is -0.481 e. The molecule has 1 aromatic carbocycles. The average Bonchev–Trinajstić information content (AvgIpc) is 2.54. The van der Waals surface area contributed by atoms with E-state index in [4.69, 9.17) is 33.0 Å². The van der Waals surface area contributed by atoms with Crippen molar-refractivity contribution >= 4 is 29.2 Å². The number of ether oxygens (including phenoxy) is 1. The number of carbonyl (C=O) groups is 1. The highest BCUT2D eigenvalue weighted by Gasteiger charge is 2.27. The first-order chi connectivity index (χ1) is 11.0. The quantitative estimate of drug-likeness (QED) is 0.761. The Morgan fingerprint density at radius 1 is 1.30 bits per heavy atom. The molecule has 4 nitrogen and oxygen atoms in total. The highest BCUT2D eigenvalue weighted by molar-refractivity contribution is 6.42. The molecule has 23 heavy (non-hydrogen) atoms. The second kappa shape index (κ2) is 8.88. The van der Waals surface area contributed by atoms with Crippen LogP contribution in [0.1, 0.15) is 43.7 Å². The van der Waals surface area contributed by atoms with Crippen molar-refractivity contribution in [3.05, 3.63) is 33.8 Å². The summed E-state index contributed by atoms with van der Waals surface area (Å²) in [4.78, 5) is 11.1. The maximum absolute atomic E-state index is 11.1. The van der Waals surface area contributed by atoms with Gasteiger partial charge in [-0.05, 0) is 49.8 Å². The Balaban J connectivity index is 2.01. The maximum Gasteiger partial charge on any atom is 0.306 e. The topological polar surface area (TPSA) is 58.6 Å². The molecule has 1 aromatic rings. The van der Waals surface area contributed by atoms with E-state index in [2.05, 4.69) is 5.32 Å². The van der Waals surface area contributed by atoms with Crippen LogP contribution >= 0.6 is 23.2 Å². The monoisotopic (exact) mass is 359 g/mol. The predicted molar refractivity (Wildman–Crippen MR) is 92.2 cm³/mol. The SMILES string of the molecule is COCCC(NC1CCC(C(=O)O)CC1)c1ccc(Cl)c(Cl)c1. The first-order valence-corrected chi connectivity index (χ1v) is 8.69. The molecule has 2 rings (SSSR count). The highest BCUT2D eigenvalue weighted by Crippen LogP contribution is 2.30. The molecule has 0 aliphatic heterocycles. The minimum absolute atomic E-state index is 0.121. The number of rotatable bonds is 7. The molecule has 0 amide bonds. The largest absolute Gasteiger partial charge is 0.481 e. The smallest absolute Gasteiger partial charge is 0.306 e. The van der Waals surface area contributed by atoms with Gasteiger partial charge < -0.3 is 15.2 Å². The van der Waals surface area contributed by atoms with Gasteiger partial charge in [-0.25, -0.2) is 0 Å². The molecule has 2 N–H and O–H groups in total. The van der Waals surface area contributed by atoms with Crippen LogP contribution in [0.15, 0.2) is 18.2 Å². The van der Waals surface area contributed by atoms with E-state index in [1.54, 1.807) is 7.11 Å². The van der Waals surface area contributed by atoms with Gasteiger partial charge in [-0.3, -0.25) is 4.79 Å². The van der Waals surface area contributed by atoms with Crippen molar-refractivity contribution in [3.8, 4) is 0 Å². The molecule has 128 valence electrons. The minimum atomic E-state index is -0.677. The molecule has 1 fully saturated rings. The summed E-state index contributed by atoms with van der Waals surface area (Å²) < 4.78 is 5.21. The number of hydrogen-bond acceptors (Lipinski definition) is 3. The summed E-state index contributed by atoms with van der Waals surface area (Å²) in [6.07, 6.45) is 4.04. The summed E-state index contributed by atoms with van der Waals surface area (Å²) in [5, 5.41) is 13.8. The van der Waals surface area contributed by atoms with Crippen LogP contribution in [0.2, 0.25) is 10.0 Å². The van der Waals surface area contributed by atoms with Crippen LogP contribution in [0.3, 0.4) is 0 Å². The Hall–Kier alpha value is -0.810. The second-order valence-corrected chi connectivity index (χ2v) is 6.88. The lowest BCUT2D eigenvalue weighted by atomic mass is 9.85. The summed E-state index contributed by atoms with van der Waals surface area (Å²) in [5.74, 6) is -0.876. The number of carboxylic acids is 1. The van der Waals surface area contributed by atoms with Gasteiger partial charge >= 0.3 is 5.97 Å². The van der Waals surface area contributed by atoms with Crippen LogP contribution < -0.4 is 5.32 Å². The first kappa shape index (κ1) is 18.5. The van der Waals surface area contributed by atoms with E-state index in [9.17, 15) is 4.79 Å². The van der Waals surface area contributed by atoms with Crippen LogP contribution in [-0.2, 0) is 9.53 Å². The van der Waals surface area contributed by atoms with Gasteiger partial charge in [-0.15, -0.1) is 0 Å². The Kier molecular flexibility index (Phi) is 7.15. The maximum atomic E-state index is 11.1. The zero-order valence-corrected chi connectivity index (χ0v) is 14.7. The van der Waals surface area contributed by atoms with Gasteiger partial charge in [0.05, 0.1) is 16.0 Å². The lowest BCUT2D eigenvalue weighted by molar-refractivity contribution is -0.142. The number of aliphatic carboxylic acids is 1. The molecule has 0 spiro atoms. The van der Waals surface area contributed by atoms with Gasteiger partial charge in [0.15, 0.2) is 0 Å². The van der Waals surface area contributed by atoms with Crippen molar-refractivity contribution in [2.75, 3.05) is 13.7 Å². The van der Waals surface area contributed by atoms with E-state index in [1.807, 2.05) is 18.2 Å². The average molecular weight is 360 g/mol. The van der Waals surface area contributed by atoms with E-state index in [-0.39, 0.29) is 12.0 Å². The molecule has 0 saturated heterocycles. The number of halogens is 2. The van der Waals surface area contributed by atoms with Crippen molar-refractivity contribution < 1.29 is 14.6 Å². The molecule has 1 unspecified atom stereocenters. The molecular formula is C17H23Cl2NO3. The third-order valence-electron chi connectivity index (χ3n) is 4.47. The van der Waals surface area contributed by atoms with E-state index >= 15 is 0 Å². The van der Waals surface area contributed by atoms with Crippen LogP contribution in [0, 0.1) is 5.92 Å². The van der Waals surface area contributed by atoms with Crippen molar-refractivity contribution in [2.45, 2.75) is 44.2 Å². The molecule has 1 aliphatic rings. The standard InChI is InChI=1S/C17H23Cl2NO3/c1-23-9-8-16(12-4-7-14(18)15(19)10-12)20-13-5-2-11(3-6-13)17(21)22/h4,7,10-11,13,16,20H,2-3,5-6,8-9H2,1H3,(H,21,22). The molecule has 0 heterocycles. The van der Waals surface area contributed by atoms with Gasteiger partial charge in [0, 0.05) is 25.8 Å². The van der Waals surface area contributed by atoms with Crippen LogP contribution in [-0.4, -0.2) is 30.8 Å². The normalized spacial score (nSPS) is 22.7. The highest BCUT2D eigenvalue weighted by atomic mass is 35.5. The second-order valence-electron chi connectivity index (χ2n) is 6.06. The molecule has 0 radical (unpaired) electrons. The molecule has 0 aromatic heterocycles. The number of methoxy groups -OCH3 is 1. The van der Waals surface area contributed by atoms with Crippen LogP contribution in [0.4, 0.5) is 0 Å². The summed E-state index contributed by atoms with van der Waals surface area (Å²) in [7, 11) is 1.68. The molecule has 0 bridgehead atoms. The predicted octanol–water partition coefficient (Wildman–Crippen LogP) is 4.30. The van der Waals surface area contributed by atoms with Crippen LogP contribution in [0.5, 0.6) is 0 Å². The zero-order chi connectivity index (χ0) is 16.8. The van der Waals surface area contributed by atoms with Crippen molar-refractivity contribution in [1.29, 1.82) is 0 Å². The Morgan fingerprint density at radius 2 is 2.00 bits per heavy atom. The van der Waals surface area contributed by atoms with Gasteiger partial charge in [0.1, 0.15) is 0 Å². The molecule has 6 heteroatoms. The lowest BCUT2D eigenvalue weighted by Crippen LogP contribution is -2.37. The summed E-state index contributed by atoms with van der Waals surface area (Å²) in [6.45, 7) is 0.641. The first-order valence-electron chi connectivity index (χ1n) is 7.94. The van der Waals surface area contributed by atoms with E-state index in [0.29, 0.717) is 22.7 Å². The summed E-state index contributed by atoms with van der Waals surface area (Å²) in [5.41, 5.74) is 1.08. The molecule has 1 aliphatic carbocycles. The molecule has 1 saturated carbocycles. The van der Waals surface area contributed by atoms with Crippen molar-refractivity contribution in [3.63, 3.8) is 0 Å². The Morgan fingerprint density at radius 3 is 2.57 bits per heavy atom. The lowest BCUT2D eigenvalue weighted by Gasteiger charge is -2.31. The third-order valence-corrected chi connectivity index (χ3v) is 5.21. The van der Waals surface area contributed by atoms with Crippen molar-refractivity contribution in [1.82, 2.24) is 5.32 Å². The number of nitrogens with one attached hydrogen (secondary N) is 1. The van der Waals surface area contributed by atoms with Crippen LogP contribution in [0.25, 0.3) is 0 Å².